The Morgan fingerprint density at radius 1 is 1.18 bits per heavy atom. The van der Waals surface area contributed by atoms with E-state index < -0.39 is 5.60 Å². The fraction of sp³-hybridized carbons (Fsp3) is 0.769. The lowest BCUT2D eigenvalue weighted by Gasteiger charge is -2.50. The Morgan fingerprint density at radius 2 is 1.94 bits per heavy atom. The summed E-state index contributed by atoms with van der Waals surface area (Å²) in [7, 11) is 0. The first-order valence-electron chi connectivity index (χ1n) is 12.7. The van der Waals surface area contributed by atoms with Crippen LogP contribution in [-0.2, 0) is 9.53 Å². The first-order chi connectivity index (χ1) is 16.1. The summed E-state index contributed by atoms with van der Waals surface area (Å²) in [4.78, 5) is 28.0. The molecule has 1 aliphatic heterocycles. The van der Waals surface area contributed by atoms with Gasteiger partial charge in [-0.15, -0.1) is 0 Å². The van der Waals surface area contributed by atoms with Crippen LogP contribution in [0.25, 0.3) is 0 Å². The molecule has 0 aromatic carbocycles. The SMILES string of the molecule is CC1(C)C[C@H](NC(=O)c2ccco2)[C@]2(CCC(=O)NCCN3CCOCC3)CC[C@@](C)(O)C[C@@H]12. The number of morpholine rings is 1. The lowest BCUT2D eigenvalue weighted by Crippen LogP contribution is -2.52. The second-order valence-corrected chi connectivity index (χ2v) is 11.5. The van der Waals surface area contributed by atoms with E-state index in [1.54, 1.807) is 12.1 Å². The Hall–Kier alpha value is -1.90. The van der Waals surface area contributed by atoms with Gasteiger partial charge in [0, 0.05) is 38.6 Å². The molecule has 2 heterocycles. The van der Waals surface area contributed by atoms with Gasteiger partial charge in [0.15, 0.2) is 5.76 Å². The number of hydrogen-bond donors (Lipinski definition) is 3. The molecule has 0 spiro atoms. The average molecular weight is 476 g/mol. The van der Waals surface area contributed by atoms with E-state index in [1.807, 2.05) is 6.92 Å². The molecule has 2 amide bonds. The molecule has 1 saturated heterocycles. The van der Waals surface area contributed by atoms with Crippen LogP contribution in [0.5, 0.6) is 0 Å². The molecule has 2 saturated carbocycles. The van der Waals surface area contributed by atoms with Gasteiger partial charge in [-0.1, -0.05) is 13.8 Å². The number of nitrogens with one attached hydrogen (secondary N) is 2. The Balaban J connectivity index is 1.43. The van der Waals surface area contributed by atoms with Crippen LogP contribution in [0.4, 0.5) is 0 Å². The number of amides is 2. The third kappa shape index (κ3) is 5.50. The summed E-state index contributed by atoms with van der Waals surface area (Å²) in [5.41, 5.74) is -1.00. The van der Waals surface area contributed by atoms with Crippen LogP contribution >= 0.6 is 0 Å². The predicted molar refractivity (Wildman–Crippen MR) is 128 cm³/mol. The van der Waals surface area contributed by atoms with Gasteiger partial charge in [-0.2, -0.15) is 0 Å². The summed E-state index contributed by atoms with van der Waals surface area (Å²) in [6.07, 6.45) is 5.59. The molecule has 0 bridgehead atoms. The summed E-state index contributed by atoms with van der Waals surface area (Å²) in [5, 5.41) is 17.2. The molecule has 1 aromatic rings. The first-order valence-corrected chi connectivity index (χ1v) is 12.7. The van der Waals surface area contributed by atoms with Crippen LogP contribution in [0.1, 0.15) is 69.9 Å². The van der Waals surface area contributed by atoms with Gasteiger partial charge in [-0.3, -0.25) is 14.5 Å². The van der Waals surface area contributed by atoms with E-state index in [0.717, 1.165) is 45.7 Å². The molecule has 4 rings (SSSR count). The van der Waals surface area contributed by atoms with Gasteiger partial charge in [0.25, 0.3) is 5.91 Å². The number of fused-ring (bicyclic) bond motifs is 1. The smallest absolute Gasteiger partial charge is 0.287 e. The van der Waals surface area contributed by atoms with Crippen molar-refractivity contribution in [2.24, 2.45) is 16.7 Å². The third-order valence-corrected chi connectivity index (χ3v) is 8.56. The van der Waals surface area contributed by atoms with Crippen molar-refractivity contribution in [2.45, 2.75) is 70.9 Å². The zero-order valence-electron chi connectivity index (χ0n) is 20.9. The molecule has 0 radical (unpaired) electrons. The Labute approximate surface area is 202 Å². The lowest BCUT2D eigenvalue weighted by molar-refractivity contribution is -0.123. The summed E-state index contributed by atoms with van der Waals surface area (Å²) in [5.74, 6) is 0.365. The minimum absolute atomic E-state index is 0.0551. The fourth-order valence-electron chi connectivity index (χ4n) is 6.68. The third-order valence-electron chi connectivity index (χ3n) is 8.56. The molecule has 0 unspecified atom stereocenters. The molecule has 2 aliphatic carbocycles. The molecule has 34 heavy (non-hydrogen) atoms. The monoisotopic (exact) mass is 475 g/mol. The first kappa shape index (κ1) is 25.2. The standard InChI is InChI=1S/C26H41N3O5/c1-24(2)18-21(28-23(31)19-5-4-14-34-19)26(9-8-25(3,32)17-20(24)26)7-6-22(30)27-10-11-29-12-15-33-16-13-29/h4-5,14,20-21,32H,6-13,15-18H2,1-3H3,(H,27,30)(H,28,31)/t20-,21-,25+,26+/m0/s1. The van der Waals surface area contributed by atoms with Gasteiger partial charge in [-0.25, -0.2) is 0 Å². The maximum atomic E-state index is 12.9. The highest BCUT2D eigenvalue weighted by atomic mass is 16.5. The van der Waals surface area contributed by atoms with Crippen molar-refractivity contribution in [3.05, 3.63) is 24.2 Å². The van der Waals surface area contributed by atoms with Crippen LogP contribution < -0.4 is 10.6 Å². The average Bonchev–Trinajstić information content (AvgIpc) is 3.39. The van der Waals surface area contributed by atoms with Crippen molar-refractivity contribution >= 4 is 11.8 Å². The van der Waals surface area contributed by atoms with Gasteiger partial charge in [0.1, 0.15) is 0 Å². The molecule has 1 aromatic heterocycles. The van der Waals surface area contributed by atoms with Gasteiger partial charge in [-0.05, 0) is 67.9 Å². The lowest BCUT2D eigenvalue weighted by atomic mass is 9.57. The number of hydrogen-bond acceptors (Lipinski definition) is 6. The van der Waals surface area contributed by atoms with Crippen molar-refractivity contribution in [1.82, 2.24) is 15.5 Å². The molecular formula is C26H41N3O5. The molecule has 3 aliphatic rings. The van der Waals surface area contributed by atoms with Crippen molar-refractivity contribution in [3.63, 3.8) is 0 Å². The van der Waals surface area contributed by atoms with Gasteiger partial charge in [0.05, 0.1) is 25.1 Å². The summed E-state index contributed by atoms with van der Waals surface area (Å²) >= 11 is 0. The van der Waals surface area contributed by atoms with E-state index in [1.165, 1.54) is 6.26 Å². The second-order valence-electron chi connectivity index (χ2n) is 11.5. The van der Waals surface area contributed by atoms with Crippen LogP contribution in [0.3, 0.4) is 0 Å². The van der Waals surface area contributed by atoms with E-state index in [4.69, 9.17) is 9.15 Å². The number of carbonyl (C=O) groups excluding carboxylic acids is 2. The zero-order valence-corrected chi connectivity index (χ0v) is 20.9. The van der Waals surface area contributed by atoms with E-state index in [0.29, 0.717) is 38.0 Å². The number of furan rings is 1. The number of nitrogens with zero attached hydrogens (tertiary/aromatic N) is 1. The van der Waals surface area contributed by atoms with Crippen LogP contribution in [0.15, 0.2) is 22.8 Å². The highest BCUT2D eigenvalue weighted by Gasteiger charge is 2.61. The normalized spacial score (nSPS) is 33.3. The van der Waals surface area contributed by atoms with E-state index in [2.05, 4.69) is 29.4 Å². The van der Waals surface area contributed by atoms with Crippen molar-refractivity contribution in [1.29, 1.82) is 0 Å². The maximum Gasteiger partial charge on any atom is 0.287 e. The Kier molecular flexibility index (Phi) is 7.41. The summed E-state index contributed by atoms with van der Waals surface area (Å²) in [6, 6.07) is 3.32. The van der Waals surface area contributed by atoms with Crippen LogP contribution in [-0.4, -0.2) is 72.9 Å². The Morgan fingerprint density at radius 3 is 2.65 bits per heavy atom. The van der Waals surface area contributed by atoms with Gasteiger partial charge < -0.3 is 24.9 Å². The zero-order chi connectivity index (χ0) is 24.4. The number of aliphatic hydroxyl groups is 1. The van der Waals surface area contributed by atoms with Crippen molar-refractivity contribution in [2.75, 3.05) is 39.4 Å². The summed E-state index contributed by atoms with van der Waals surface area (Å²) in [6.45, 7) is 11.2. The van der Waals surface area contributed by atoms with E-state index in [-0.39, 0.29) is 34.6 Å². The molecule has 8 heteroatoms. The molecule has 3 fully saturated rings. The second kappa shape index (κ2) is 9.99. The topological polar surface area (TPSA) is 104 Å². The Bertz CT molecular complexity index is 847. The van der Waals surface area contributed by atoms with Crippen LogP contribution in [0, 0.1) is 16.7 Å². The summed E-state index contributed by atoms with van der Waals surface area (Å²) < 4.78 is 10.7. The largest absolute Gasteiger partial charge is 0.459 e. The highest BCUT2D eigenvalue weighted by Crippen LogP contribution is 2.63. The molecule has 4 atom stereocenters. The fourth-order valence-corrected chi connectivity index (χ4v) is 6.68. The highest BCUT2D eigenvalue weighted by molar-refractivity contribution is 5.91. The quantitative estimate of drug-likeness (QED) is 0.534. The van der Waals surface area contributed by atoms with Gasteiger partial charge >= 0.3 is 0 Å². The van der Waals surface area contributed by atoms with Crippen LogP contribution in [0.2, 0.25) is 0 Å². The van der Waals surface area contributed by atoms with Crippen molar-refractivity contribution in [3.8, 4) is 0 Å². The number of ether oxygens (including phenoxy) is 1. The maximum absolute atomic E-state index is 12.9. The molecular weight excluding hydrogens is 434 g/mol. The van der Waals surface area contributed by atoms with Crippen molar-refractivity contribution < 1.29 is 23.8 Å². The molecule has 8 nitrogen and oxygen atoms in total. The van der Waals surface area contributed by atoms with Gasteiger partial charge in [0.2, 0.25) is 5.91 Å². The number of rotatable bonds is 8. The number of carbonyl (C=O) groups is 2. The molecule has 190 valence electrons. The minimum Gasteiger partial charge on any atom is -0.459 e. The predicted octanol–water partition coefficient (Wildman–Crippen LogP) is 2.57. The van der Waals surface area contributed by atoms with E-state index >= 15 is 0 Å². The molecule has 3 N–H and O–H groups in total. The van der Waals surface area contributed by atoms with E-state index in [9.17, 15) is 14.7 Å². The minimum atomic E-state index is -0.717.